The van der Waals surface area contributed by atoms with Crippen LogP contribution in [0.3, 0.4) is 0 Å². The average Bonchev–Trinajstić information content (AvgIpc) is 2.46. The lowest BCUT2D eigenvalue weighted by atomic mass is 9.83. The molecular weight excluding hydrogens is 252 g/mol. The molecule has 2 amide bonds. The lowest BCUT2D eigenvalue weighted by molar-refractivity contribution is 0.223. The van der Waals surface area contributed by atoms with Crippen LogP contribution in [-0.2, 0) is 0 Å². The Hall–Kier alpha value is -1.26. The van der Waals surface area contributed by atoms with Crippen LogP contribution < -0.4 is 16.4 Å². The zero-order chi connectivity index (χ0) is 14.4. The summed E-state index contributed by atoms with van der Waals surface area (Å²) in [6.07, 6.45) is 11.6. The van der Waals surface area contributed by atoms with Gasteiger partial charge in [-0.3, -0.25) is 5.41 Å². The van der Waals surface area contributed by atoms with Gasteiger partial charge in [0.2, 0.25) is 0 Å². The molecule has 20 heavy (non-hydrogen) atoms. The van der Waals surface area contributed by atoms with Crippen LogP contribution in [0, 0.1) is 11.3 Å². The van der Waals surface area contributed by atoms with Gasteiger partial charge in [0.25, 0.3) is 0 Å². The second-order valence-electron chi connectivity index (χ2n) is 6.28. The molecule has 0 heterocycles. The number of hydrogen-bond donors (Lipinski definition) is 4. The number of carbonyl (C=O) groups is 1. The predicted molar refractivity (Wildman–Crippen MR) is 80.8 cm³/mol. The fourth-order valence-corrected chi connectivity index (χ4v) is 3.53. The maximum absolute atomic E-state index is 12.1. The van der Waals surface area contributed by atoms with E-state index in [1.165, 1.54) is 38.5 Å². The molecule has 2 aliphatic rings. The van der Waals surface area contributed by atoms with Gasteiger partial charge in [0.15, 0.2) is 0 Å². The number of amidine groups is 1. The predicted octanol–water partition coefficient (Wildman–Crippen LogP) is 2.50. The van der Waals surface area contributed by atoms with Gasteiger partial charge in [0, 0.05) is 6.04 Å². The minimum Gasteiger partial charge on any atom is -0.386 e. The number of nitrogens with one attached hydrogen (secondary N) is 3. The molecule has 0 radical (unpaired) electrons. The van der Waals surface area contributed by atoms with E-state index < -0.39 is 0 Å². The molecule has 2 fully saturated rings. The molecule has 0 saturated heterocycles. The summed E-state index contributed by atoms with van der Waals surface area (Å²) in [5.74, 6) is 0.425. The monoisotopic (exact) mass is 280 g/mol. The van der Waals surface area contributed by atoms with Crippen molar-refractivity contribution in [2.24, 2.45) is 11.7 Å². The van der Waals surface area contributed by atoms with Gasteiger partial charge in [-0.2, -0.15) is 0 Å². The number of nitrogens with two attached hydrogens (primary N) is 1. The number of carbonyl (C=O) groups excluding carboxylic acids is 1. The van der Waals surface area contributed by atoms with Crippen molar-refractivity contribution in [1.29, 1.82) is 5.41 Å². The van der Waals surface area contributed by atoms with Crippen LogP contribution in [0.4, 0.5) is 4.79 Å². The van der Waals surface area contributed by atoms with Gasteiger partial charge < -0.3 is 16.4 Å². The Morgan fingerprint density at radius 1 is 1.00 bits per heavy atom. The summed E-state index contributed by atoms with van der Waals surface area (Å²) in [4.78, 5) is 12.1. The third-order valence-electron chi connectivity index (χ3n) is 4.68. The first-order valence-electron chi connectivity index (χ1n) is 8.08. The Morgan fingerprint density at radius 2 is 1.55 bits per heavy atom. The van der Waals surface area contributed by atoms with E-state index in [0.717, 1.165) is 25.7 Å². The van der Waals surface area contributed by atoms with E-state index in [4.69, 9.17) is 11.1 Å². The summed E-state index contributed by atoms with van der Waals surface area (Å²) < 4.78 is 0. The van der Waals surface area contributed by atoms with E-state index in [1.54, 1.807) is 0 Å². The van der Waals surface area contributed by atoms with Crippen LogP contribution in [-0.4, -0.2) is 24.0 Å². The van der Waals surface area contributed by atoms with E-state index in [1.807, 2.05) is 0 Å². The normalized spacial score (nSPS) is 23.0. The molecule has 2 rings (SSSR count). The van der Waals surface area contributed by atoms with Crippen LogP contribution in [0.5, 0.6) is 0 Å². The van der Waals surface area contributed by atoms with Gasteiger partial charge in [-0.05, 0) is 31.6 Å². The highest BCUT2D eigenvalue weighted by Gasteiger charge is 2.28. The first kappa shape index (κ1) is 15.1. The smallest absolute Gasteiger partial charge is 0.315 e. The van der Waals surface area contributed by atoms with Crippen LogP contribution >= 0.6 is 0 Å². The van der Waals surface area contributed by atoms with Gasteiger partial charge >= 0.3 is 6.03 Å². The summed E-state index contributed by atoms with van der Waals surface area (Å²) in [6, 6.07) is -0.149. The van der Waals surface area contributed by atoms with Crippen molar-refractivity contribution in [1.82, 2.24) is 10.6 Å². The molecule has 5 nitrogen and oxygen atoms in total. The molecule has 5 N–H and O–H groups in total. The molecule has 1 unspecified atom stereocenters. The number of rotatable bonds is 4. The molecule has 0 aromatic heterocycles. The molecule has 0 aliphatic heterocycles. The summed E-state index contributed by atoms with van der Waals surface area (Å²) in [7, 11) is 0. The minimum atomic E-state index is -0.293. The van der Waals surface area contributed by atoms with E-state index in [-0.39, 0.29) is 17.9 Å². The first-order valence-corrected chi connectivity index (χ1v) is 8.08. The van der Waals surface area contributed by atoms with Crippen LogP contribution in [0.1, 0.15) is 64.2 Å². The summed E-state index contributed by atoms with van der Waals surface area (Å²) >= 11 is 0. The van der Waals surface area contributed by atoms with Crippen molar-refractivity contribution < 1.29 is 4.79 Å². The van der Waals surface area contributed by atoms with Gasteiger partial charge in [-0.25, -0.2) is 4.79 Å². The lowest BCUT2D eigenvalue weighted by Gasteiger charge is -2.31. The van der Waals surface area contributed by atoms with Gasteiger partial charge in [0.05, 0.1) is 6.04 Å². The van der Waals surface area contributed by atoms with Crippen molar-refractivity contribution in [2.75, 3.05) is 0 Å². The lowest BCUT2D eigenvalue weighted by Crippen LogP contribution is -2.54. The highest BCUT2D eigenvalue weighted by molar-refractivity contribution is 5.88. The van der Waals surface area contributed by atoms with Gasteiger partial charge in [0.1, 0.15) is 5.84 Å². The fourth-order valence-electron chi connectivity index (χ4n) is 3.53. The largest absolute Gasteiger partial charge is 0.386 e. The Labute approximate surface area is 121 Å². The first-order chi connectivity index (χ1) is 9.66. The Balaban J connectivity index is 1.83. The second kappa shape index (κ2) is 7.50. The van der Waals surface area contributed by atoms with Crippen molar-refractivity contribution in [3.8, 4) is 0 Å². The highest BCUT2D eigenvalue weighted by atomic mass is 16.2. The standard InChI is InChI=1S/C15H28N4O/c16-14(17)13(11-7-3-1-4-8-11)19-15(20)18-12-9-5-2-6-10-12/h11-13H,1-10H2,(H3,16,17)(H2,18,19,20). The molecule has 0 bridgehead atoms. The molecule has 2 aliphatic carbocycles. The fraction of sp³-hybridized carbons (Fsp3) is 0.867. The van der Waals surface area contributed by atoms with E-state index in [0.29, 0.717) is 12.0 Å². The van der Waals surface area contributed by atoms with Crippen LogP contribution in [0.2, 0.25) is 0 Å². The molecule has 5 heteroatoms. The van der Waals surface area contributed by atoms with Crippen molar-refractivity contribution in [2.45, 2.75) is 76.3 Å². The Kier molecular flexibility index (Phi) is 5.68. The molecule has 114 valence electrons. The molecule has 0 spiro atoms. The van der Waals surface area contributed by atoms with Gasteiger partial charge in [-0.1, -0.05) is 38.5 Å². The number of urea groups is 1. The maximum atomic E-state index is 12.1. The SMILES string of the molecule is N=C(N)C(NC(=O)NC1CCCCC1)C1CCCCC1. The van der Waals surface area contributed by atoms with Gasteiger partial charge in [-0.15, -0.1) is 0 Å². The molecule has 2 saturated carbocycles. The second-order valence-corrected chi connectivity index (χ2v) is 6.28. The zero-order valence-electron chi connectivity index (χ0n) is 12.3. The maximum Gasteiger partial charge on any atom is 0.315 e. The van der Waals surface area contributed by atoms with Crippen LogP contribution in [0.15, 0.2) is 0 Å². The average molecular weight is 280 g/mol. The van der Waals surface area contributed by atoms with E-state index >= 15 is 0 Å². The number of amides is 2. The van der Waals surface area contributed by atoms with Crippen LogP contribution in [0.25, 0.3) is 0 Å². The third-order valence-corrected chi connectivity index (χ3v) is 4.68. The van der Waals surface area contributed by atoms with E-state index in [2.05, 4.69) is 10.6 Å². The summed E-state index contributed by atoms with van der Waals surface area (Å²) in [6.45, 7) is 0. The topological polar surface area (TPSA) is 91.0 Å². The Bertz CT molecular complexity index is 333. The third kappa shape index (κ3) is 4.39. The minimum absolute atomic E-state index is 0.0932. The molecule has 0 aromatic rings. The molecule has 0 aromatic carbocycles. The summed E-state index contributed by atoms with van der Waals surface area (Å²) in [5, 5.41) is 13.7. The van der Waals surface area contributed by atoms with Crippen molar-refractivity contribution >= 4 is 11.9 Å². The number of hydrogen-bond acceptors (Lipinski definition) is 2. The quantitative estimate of drug-likeness (QED) is 0.470. The molecule has 1 atom stereocenters. The van der Waals surface area contributed by atoms with Crippen molar-refractivity contribution in [3.05, 3.63) is 0 Å². The zero-order valence-corrected chi connectivity index (χ0v) is 12.3. The molecular formula is C15H28N4O. The van der Waals surface area contributed by atoms with E-state index in [9.17, 15) is 4.79 Å². The Morgan fingerprint density at radius 3 is 2.10 bits per heavy atom. The summed E-state index contributed by atoms with van der Waals surface area (Å²) in [5.41, 5.74) is 5.69. The van der Waals surface area contributed by atoms with Crippen molar-refractivity contribution in [3.63, 3.8) is 0 Å². The highest BCUT2D eigenvalue weighted by Crippen LogP contribution is 2.26.